The maximum Gasteiger partial charge on any atom is 0.345 e. The second-order valence-corrected chi connectivity index (χ2v) is 6.29. The van der Waals surface area contributed by atoms with Gasteiger partial charge in [0.2, 0.25) is 0 Å². The minimum Gasteiger partial charge on any atom is -0.461 e. The summed E-state index contributed by atoms with van der Waals surface area (Å²) in [4.78, 5) is 24.4. The molecule has 0 aliphatic heterocycles. The van der Waals surface area contributed by atoms with Crippen LogP contribution in [-0.4, -0.2) is 31.0 Å². The van der Waals surface area contributed by atoms with Crippen molar-refractivity contribution in [2.75, 3.05) is 6.61 Å². The van der Waals surface area contributed by atoms with Gasteiger partial charge in [-0.1, -0.05) is 44.2 Å². The van der Waals surface area contributed by atoms with E-state index in [9.17, 15) is 18.4 Å². The monoisotopic (exact) mass is 357 g/mol. The fraction of sp³-hybridized carbons (Fsp3) is 0.556. The number of benzene rings is 1. The lowest BCUT2D eigenvalue weighted by Gasteiger charge is -2.19. The molecule has 0 heterocycles. The van der Waals surface area contributed by atoms with E-state index in [1.807, 2.05) is 44.2 Å². The Hall–Kier alpha value is -1.86. The number of rotatable bonds is 11. The minimum atomic E-state index is -2.99. The molecule has 1 aromatic carbocycles. The largest absolute Gasteiger partial charge is 0.461 e. The summed E-state index contributed by atoms with van der Waals surface area (Å²) < 4.78 is 33.4. The Balaban J connectivity index is 2.59. The molecular formula is C18H25F2NO4. The number of carbonyl (C=O) groups is 2. The average Bonchev–Trinajstić information content (AvgIpc) is 2.57. The van der Waals surface area contributed by atoms with Crippen molar-refractivity contribution in [2.45, 2.75) is 45.9 Å². The van der Waals surface area contributed by atoms with Gasteiger partial charge in [-0.15, -0.1) is 0 Å². The second kappa shape index (κ2) is 10.9. The topological polar surface area (TPSA) is 78.6 Å². The van der Waals surface area contributed by atoms with Gasteiger partial charge in [0, 0.05) is 6.42 Å². The average molecular weight is 357 g/mol. The number of Topliss-reactive ketones (excluding diaryl/α,β-unsaturated/α-hetero) is 1. The van der Waals surface area contributed by atoms with Crippen molar-refractivity contribution >= 4 is 11.8 Å². The predicted molar refractivity (Wildman–Crippen MR) is 88.7 cm³/mol. The van der Waals surface area contributed by atoms with Crippen LogP contribution in [-0.2, 0) is 25.7 Å². The van der Waals surface area contributed by atoms with E-state index in [0.717, 1.165) is 5.56 Å². The van der Waals surface area contributed by atoms with Crippen LogP contribution in [0.4, 0.5) is 8.78 Å². The summed E-state index contributed by atoms with van der Waals surface area (Å²) in [5.41, 5.74) is 6.39. The van der Waals surface area contributed by atoms with Crippen LogP contribution in [0.2, 0.25) is 0 Å². The summed E-state index contributed by atoms with van der Waals surface area (Å²) in [5.74, 6) is -1.49. The number of ketones is 1. The molecule has 5 nitrogen and oxygen atoms in total. The van der Waals surface area contributed by atoms with E-state index >= 15 is 0 Å². The predicted octanol–water partition coefficient (Wildman–Crippen LogP) is 2.92. The number of halogens is 2. The first kappa shape index (κ1) is 21.2. The summed E-state index contributed by atoms with van der Waals surface area (Å²) in [6, 6.07) is 7.99. The molecule has 0 saturated heterocycles. The highest BCUT2D eigenvalue weighted by molar-refractivity contribution is 5.88. The molecule has 0 fully saturated rings. The third-order valence-electron chi connectivity index (χ3n) is 3.58. The van der Waals surface area contributed by atoms with Crippen LogP contribution in [0.5, 0.6) is 0 Å². The smallest absolute Gasteiger partial charge is 0.345 e. The van der Waals surface area contributed by atoms with E-state index in [1.165, 1.54) is 0 Å². The van der Waals surface area contributed by atoms with Crippen LogP contribution in [0.3, 0.4) is 0 Å². The lowest BCUT2D eigenvalue weighted by Crippen LogP contribution is -2.38. The fourth-order valence-corrected chi connectivity index (χ4v) is 2.34. The number of ether oxygens (including phenoxy) is 2. The molecule has 0 bridgehead atoms. The third kappa shape index (κ3) is 8.69. The lowest BCUT2D eigenvalue weighted by molar-refractivity contribution is -0.153. The van der Waals surface area contributed by atoms with Crippen LogP contribution in [0, 0.1) is 11.8 Å². The van der Waals surface area contributed by atoms with Gasteiger partial charge in [0.25, 0.3) is 0 Å². The van der Waals surface area contributed by atoms with Crippen LogP contribution < -0.4 is 5.73 Å². The highest BCUT2D eigenvalue weighted by Gasteiger charge is 2.27. The Morgan fingerprint density at radius 2 is 1.80 bits per heavy atom. The van der Waals surface area contributed by atoms with Crippen molar-refractivity contribution in [1.82, 2.24) is 0 Å². The Kier molecular flexibility index (Phi) is 9.23. The Labute approximate surface area is 146 Å². The molecule has 2 N–H and O–H groups in total. The third-order valence-corrected chi connectivity index (χ3v) is 3.58. The molecule has 0 aliphatic rings. The summed E-state index contributed by atoms with van der Waals surface area (Å²) in [7, 11) is 0. The summed E-state index contributed by atoms with van der Waals surface area (Å²) in [6.07, 6.45) is 0.293. The number of hydrogen-bond donors (Lipinski definition) is 1. The van der Waals surface area contributed by atoms with Crippen molar-refractivity contribution in [3.63, 3.8) is 0 Å². The Morgan fingerprint density at radius 1 is 1.16 bits per heavy atom. The molecule has 1 aromatic rings. The first-order valence-corrected chi connectivity index (χ1v) is 8.18. The molecular weight excluding hydrogens is 332 g/mol. The number of alkyl halides is 2. The standard InChI is InChI=1S/C18H25F2NO4/c1-12(2)8-14(9-16(22)15(21)11-25-18(19)20)17(23)24-10-13-6-4-3-5-7-13/h3-7,12,14-15,18H,8-11,21H2,1-2H3/t14-,15+/m1/s1. The molecule has 0 saturated carbocycles. The van der Waals surface area contributed by atoms with Gasteiger partial charge in [-0.05, 0) is 17.9 Å². The summed E-state index contributed by atoms with van der Waals surface area (Å²) >= 11 is 0. The van der Waals surface area contributed by atoms with Crippen molar-refractivity contribution in [1.29, 1.82) is 0 Å². The van der Waals surface area contributed by atoms with Crippen LogP contribution in [0.25, 0.3) is 0 Å². The highest BCUT2D eigenvalue weighted by atomic mass is 19.3. The van der Waals surface area contributed by atoms with E-state index < -0.39 is 36.9 Å². The molecule has 7 heteroatoms. The van der Waals surface area contributed by atoms with E-state index in [2.05, 4.69) is 4.74 Å². The molecule has 25 heavy (non-hydrogen) atoms. The first-order valence-electron chi connectivity index (χ1n) is 8.18. The SMILES string of the molecule is CC(C)C[C@H](CC(=O)[C@@H](N)COC(F)F)C(=O)OCc1ccccc1. The fourth-order valence-electron chi connectivity index (χ4n) is 2.34. The summed E-state index contributed by atoms with van der Waals surface area (Å²) in [6.45, 7) is 0.387. The molecule has 0 spiro atoms. The molecule has 1 rings (SSSR count). The molecule has 0 aliphatic carbocycles. The van der Waals surface area contributed by atoms with Gasteiger partial charge in [0.15, 0.2) is 5.78 Å². The van der Waals surface area contributed by atoms with E-state index in [4.69, 9.17) is 10.5 Å². The van der Waals surface area contributed by atoms with Gasteiger partial charge in [0.1, 0.15) is 6.61 Å². The van der Waals surface area contributed by atoms with Gasteiger partial charge >= 0.3 is 12.6 Å². The minimum absolute atomic E-state index is 0.114. The molecule has 0 amide bonds. The molecule has 140 valence electrons. The van der Waals surface area contributed by atoms with Crippen LogP contribution >= 0.6 is 0 Å². The maximum absolute atomic E-state index is 12.3. The zero-order chi connectivity index (χ0) is 18.8. The molecule has 0 unspecified atom stereocenters. The van der Waals surface area contributed by atoms with Crippen molar-refractivity contribution in [2.24, 2.45) is 17.6 Å². The number of hydrogen-bond acceptors (Lipinski definition) is 5. The Morgan fingerprint density at radius 3 is 2.36 bits per heavy atom. The van der Waals surface area contributed by atoms with Crippen molar-refractivity contribution < 1.29 is 27.8 Å². The first-order chi connectivity index (χ1) is 11.8. The number of nitrogens with two attached hydrogens (primary N) is 1. The maximum atomic E-state index is 12.3. The van der Waals surface area contributed by atoms with Crippen LogP contribution in [0.15, 0.2) is 30.3 Å². The van der Waals surface area contributed by atoms with Gasteiger partial charge in [0.05, 0.1) is 18.6 Å². The lowest BCUT2D eigenvalue weighted by atomic mass is 9.91. The zero-order valence-corrected chi connectivity index (χ0v) is 14.5. The highest BCUT2D eigenvalue weighted by Crippen LogP contribution is 2.19. The van der Waals surface area contributed by atoms with Gasteiger partial charge in [-0.25, -0.2) is 0 Å². The van der Waals surface area contributed by atoms with Gasteiger partial charge in [-0.2, -0.15) is 8.78 Å². The quantitative estimate of drug-likeness (QED) is 0.616. The zero-order valence-electron chi connectivity index (χ0n) is 14.5. The normalized spacial score (nSPS) is 13.7. The van der Waals surface area contributed by atoms with Gasteiger partial charge < -0.3 is 15.2 Å². The van der Waals surface area contributed by atoms with Crippen molar-refractivity contribution in [3.05, 3.63) is 35.9 Å². The van der Waals surface area contributed by atoms with Crippen LogP contribution in [0.1, 0.15) is 32.3 Å². The van der Waals surface area contributed by atoms with E-state index in [-0.39, 0.29) is 18.9 Å². The molecule has 2 atom stereocenters. The van der Waals surface area contributed by atoms with Crippen molar-refractivity contribution in [3.8, 4) is 0 Å². The van der Waals surface area contributed by atoms with E-state index in [0.29, 0.717) is 6.42 Å². The number of carbonyl (C=O) groups excluding carboxylic acids is 2. The molecule has 0 aromatic heterocycles. The second-order valence-electron chi connectivity index (χ2n) is 6.29. The van der Waals surface area contributed by atoms with Gasteiger partial charge in [-0.3, -0.25) is 9.59 Å². The van der Waals surface area contributed by atoms with E-state index in [1.54, 1.807) is 0 Å². The number of esters is 1. The Bertz CT molecular complexity index is 537. The summed E-state index contributed by atoms with van der Waals surface area (Å²) in [5, 5.41) is 0. The molecule has 0 radical (unpaired) electrons.